The maximum absolute atomic E-state index is 12.9. The molecule has 1 aliphatic heterocycles. The van der Waals surface area contributed by atoms with Crippen molar-refractivity contribution in [3.8, 4) is 5.75 Å². The fourth-order valence-electron chi connectivity index (χ4n) is 3.36. The van der Waals surface area contributed by atoms with Crippen LogP contribution < -0.4 is 5.32 Å². The smallest absolute Gasteiger partial charge is 0.245 e. The highest BCUT2D eigenvalue weighted by atomic mass is 16.3. The summed E-state index contributed by atoms with van der Waals surface area (Å²) in [5.74, 6) is -0.762. The number of nitrogens with zero attached hydrogens (tertiary/aromatic N) is 2. The zero-order valence-electron chi connectivity index (χ0n) is 15.7. The molecule has 0 unspecified atom stereocenters. The summed E-state index contributed by atoms with van der Waals surface area (Å²) in [6.07, 6.45) is 0.422. The first-order valence-electron chi connectivity index (χ1n) is 9.15. The van der Waals surface area contributed by atoms with Crippen LogP contribution in [-0.2, 0) is 20.8 Å². The van der Waals surface area contributed by atoms with Gasteiger partial charge in [0.2, 0.25) is 17.7 Å². The van der Waals surface area contributed by atoms with E-state index in [1.165, 1.54) is 17.0 Å². The Balaban J connectivity index is 2.16. The summed E-state index contributed by atoms with van der Waals surface area (Å²) in [5.41, 5.74) is 0.731. The number of rotatable bonds is 7. The van der Waals surface area contributed by atoms with Crippen molar-refractivity contribution in [3.63, 3.8) is 0 Å². The van der Waals surface area contributed by atoms with Gasteiger partial charge in [0.1, 0.15) is 18.4 Å². The van der Waals surface area contributed by atoms with Crippen molar-refractivity contribution < 1.29 is 24.6 Å². The number of amides is 3. The molecule has 0 aliphatic carbocycles. The average molecular weight is 377 g/mol. The molecular weight excluding hydrogens is 350 g/mol. The Morgan fingerprint density at radius 2 is 1.81 bits per heavy atom. The standard InChI is InChI=1S/C19H27N3O5/c1-3-21(4-2)19(27)16-10-14(20-17(25)12-23)11-22(16)18(26)9-13-5-7-15(24)8-6-13/h5-8,14,16,23-24H,3-4,9-12H2,1-2H3,(H,20,25)/t14-,16+/m1/s1. The number of aromatic hydroxyl groups is 1. The Hall–Kier alpha value is -2.61. The van der Waals surface area contributed by atoms with Crippen molar-refractivity contribution in [1.29, 1.82) is 0 Å². The van der Waals surface area contributed by atoms with Gasteiger partial charge in [-0.2, -0.15) is 0 Å². The van der Waals surface area contributed by atoms with Crippen LogP contribution in [0.5, 0.6) is 5.75 Å². The third-order valence-electron chi connectivity index (χ3n) is 4.78. The van der Waals surface area contributed by atoms with Crippen LogP contribution in [0.4, 0.5) is 0 Å². The Morgan fingerprint density at radius 3 is 2.37 bits per heavy atom. The fraction of sp³-hybridized carbons (Fsp3) is 0.526. The minimum absolute atomic E-state index is 0.100. The van der Waals surface area contributed by atoms with Gasteiger partial charge in [-0.05, 0) is 38.0 Å². The lowest BCUT2D eigenvalue weighted by Crippen LogP contribution is -2.48. The molecule has 0 saturated carbocycles. The molecule has 0 bridgehead atoms. The summed E-state index contributed by atoms with van der Waals surface area (Å²) in [5, 5.41) is 21.0. The van der Waals surface area contributed by atoms with E-state index in [0.29, 0.717) is 19.5 Å². The van der Waals surface area contributed by atoms with Crippen molar-refractivity contribution in [2.45, 2.75) is 38.8 Å². The highest BCUT2D eigenvalue weighted by molar-refractivity contribution is 5.89. The van der Waals surface area contributed by atoms with Crippen LogP contribution in [-0.4, -0.2) is 76.1 Å². The number of phenolic OH excluding ortho intramolecular Hbond substituents is 1. The maximum Gasteiger partial charge on any atom is 0.245 e. The first-order valence-corrected chi connectivity index (χ1v) is 9.15. The van der Waals surface area contributed by atoms with E-state index >= 15 is 0 Å². The van der Waals surface area contributed by atoms with E-state index in [2.05, 4.69) is 5.32 Å². The SMILES string of the molecule is CCN(CC)C(=O)[C@@H]1C[C@@H](NC(=O)CO)CN1C(=O)Cc1ccc(O)cc1. The van der Waals surface area contributed by atoms with Gasteiger partial charge in [-0.15, -0.1) is 0 Å². The number of phenols is 1. The molecule has 1 aliphatic rings. The van der Waals surface area contributed by atoms with Crippen LogP contribution in [0, 0.1) is 0 Å². The second-order valence-electron chi connectivity index (χ2n) is 6.57. The molecule has 3 amide bonds. The third-order valence-corrected chi connectivity index (χ3v) is 4.78. The van der Waals surface area contributed by atoms with Crippen LogP contribution in [0.15, 0.2) is 24.3 Å². The number of nitrogens with one attached hydrogen (secondary N) is 1. The maximum atomic E-state index is 12.9. The molecule has 1 heterocycles. The van der Waals surface area contributed by atoms with Gasteiger partial charge in [-0.1, -0.05) is 12.1 Å². The van der Waals surface area contributed by atoms with Gasteiger partial charge in [0.15, 0.2) is 0 Å². The zero-order chi connectivity index (χ0) is 20.0. The highest BCUT2D eigenvalue weighted by Gasteiger charge is 2.41. The monoisotopic (exact) mass is 377 g/mol. The van der Waals surface area contributed by atoms with Crippen molar-refractivity contribution in [1.82, 2.24) is 15.1 Å². The number of likely N-dealkylation sites (tertiary alicyclic amines) is 1. The fourth-order valence-corrected chi connectivity index (χ4v) is 3.36. The summed E-state index contributed by atoms with van der Waals surface area (Å²) < 4.78 is 0. The van der Waals surface area contributed by atoms with Crippen molar-refractivity contribution in [2.75, 3.05) is 26.2 Å². The second kappa shape index (κ2) is 9.36. The molecule has 8 heteroatoms. The third kappa shape index (κ3) is 5.19. The predicted molar refractivity (Wildman–Crippen MR) is 98.9 cm³/mol. The van der Waals surface area contributed by atoms with E-state index in [1.807, 2.05) is 13.8 Å². The van der Waals surface area contributed by atoms with E-state index < -0.39 is 18.6 Å². The van der Waals surface area contributed by atoms with Crippen LogP contribution in [0.3, 0.4) is 0 Å². The number of carbonyl (C=O) groups excluding carboxylic acids is 3. The Labute approximate surface area is 158 Å². The molecule has 0 radical (unpaired) electrons. The summed E-state index contributed by atoms with van der Waals surface area (Å²) in [4.78, 5) is 40.4. The van der Waals surface area contributed by atoms with E-state index in [0.717, 1.165) is 5.56 Å². The molecule has 1 aromatic rings. The zero-order valence-corrected chi connectivity index (χ0v) is 15.7. The molecule has 0 aromatic heterocycles. The first kappa shape index (κ1) is 20.7. The lowest BCUT2D eigenvalue weighted by atomic mass is 10.1. The van der Waals surface area contributed by atoms with Gasteiger partial charge >= 0.3 is 0 Å². The molecule has 1 fully saturated rings. The number of hydrogen-bond donors (Lipinski definition) is 3. The van der Waals surface area contributed by atoms with Gasteiger partial charge in [0.05, 0.1) is 6.42 Å². The van der Waals surface area contributed by atoms with Gasteiger partial charge in [-0.3, -0.25) is 14.4 Å². The van der Waals surface area contributed by atoms with Crippen molar-refractivity contribution >= 4 is 17.7 Å². The second-order valence-corrected chi connectivity index (χ2v) is 6.57. The largest absolute Gasteiger partial charge is 0.508 e. The molecule has 3 N–H and O–H groups in total. The van der Waals surface area contributed by atoms with Gasteiger partial charge in [-0.25, -0.2) is 0 Å². The minimum atomic E-state index is -0.640. The quantitative estimate of drug-likeness (QED) is 0.614. The van der Waals surface area contributed by atoms with E-state index in [9.17, 15) is 19.5 Å². The molecule has 1 saturated heterocycles. The summed E-state index contributed by atoms with van der Waals surface area (Å²) in [6, 6.07) is 5.33. The van der Waals surface area contributed by atoms with E-state index in [-0.39, 0.29) is 36.6 Å². The molecule has 0 spiro atoms. The number of benzene rings is 1. The predicted octanol–water partition coefficient (Wildman–Crippen LogP) is -0.119. The molecular formula is C19H27N3O5. The first-order chi connectivity index (χ1) is 12.9. The van der Waals surface area contributed by atoms with Crippen LogP contribution in [0.1, 0.15) is 25.8 Å². The molecule has 1 aromatic carbocycles. The van der Waals surface area contributed by atoms with Crippen LogP contribution >= 0.6 is 0 Å². The highest BCUT2D eigenvalue weighted by Crippen LogP contribution is 2.22. The molecule has 2 atom stereocenters. The summed E-state index contributed by atoms with van der Waals surface area (Å²) >= 11 is 0. The number of hydrogen-bond acceptors (Lipinski definition) is 5. The van der Waals surface area contributed by atoms with Crippen molar-refractivity contribution in [3.05, 3.63) is 29.8 Å². The van der Waals surface area contributed by atoms with Gasteiger partial charge < -0.3 is 25.3 Å². The van der Waals surface area contributed by atoms with Gasteiger partial charge in [0.25, 0.3) is 0 Å². The Morgan fingerprint density at radius 1 is 1.19 bits per heavy atom. The number of likely N-dealkylation sites (N-methyl/N-ethyl adjacent to an activating group) is 1. The summed E-state index contributed by atoms with van der Waals surface area (Å²) in [7, 11) is 0. The normalized spacial score (nSPS) is 19.0. The lowest BCUT2D eigenvalue weighted by Gasteiger charge is -2.29. The van der Waals surface area contributed by atoms with Gasteiger partial charge in [0, 0.05) is 25.7 Å². The Bertz CT molecular complexity index is 672. The average Bonchev–Trinajstić information content (AvgIpc) is 3.08. The number of carbonyl (C=O) groups is 3. The molecule has 8 nitrogen and oxygen atoms in total. The molecule has 2 rings (SSSR count). The number of aliphatic hydroxyl groups is 1. The van der Waals surface area contributed by atoms with E-state index in [1.54, 1.807) is 17.0 Å². The number of aliphatic hydroxyl groups excluding tert-OH is 1. The van der Waals surface area contributed by atoms with E-state index in [4.69, 9.17) is 5.11 Å². The van der Waals surface area contributed by atoms with Crippen LogP contribution in [0.25, 0.3) is 0 Å². The van der Waals surface area contributed by atoms with Crippen LogP contribution in [0.2, 0.25) is 0 Å². The van der Waals surface area contributed by atoms with Crippen molar-refractivity contribution in [2.24, 2.45) is 0 Å². The molecule has 27 heavy (non-hydrogen) atoms. The summed E-state index contributed by atoms with van der Waals surface area (Å²) in [6.45, 7) is 4.43. The minimum Gasteiger partial charge on any atom is -0.508 e. The topological polar surface area (TPSA) is 110 Å². The molecule has 148 valence electrons. The Kier molecular flexibility index (Phi) is 7.18. The lowest BCUT2D eigenvalue weighted by molar-refractivity contribution is -0.143.